The van der Waals surface area contributed by atoms with Crippen LogP contribution in [0, 0.1) is 13.8 Å². The van der Waals surface area contributed by atoms with Crippen LogP contribution in [0.2, 0.25) is 0 Å². The van der Waals surface area contributed by atoms with E-state index in [-0.39, 0.29) is 17.1 Å². The lowest BCUT2D eigenvalue weighted by Gasteiger charge is -2.21. The molecule has 0 fully saturated rings. The third-order valence-corrected chi connectivity index (χ3v) is 9.74. The number of hydrogen-bond donors (Lipinski definition) is 1. The number of rotatable bonds is 23. The highest BCUT2D eigenvalue weighted by Gasteiger charge is 2.40. The number of ketones is 1. The van der Waals surface area contributed by atoms with Crippen LogP contribution in [0.1, 0.15) is 158 Å². The van der Waals surface area contributed by atoms with Gasteiger partial charge in [0.05, 0.1) is 34.9 Å². The van der Waals surface area contributed by atoms with Crippen LogP contribution in [0.25, 0.3) is 5.57 Å². The summed E-state index contributed by atoms with van der Waals surface area (Å²) >= 11 is 1.53. The van der Waals surface area contributed by atoms with E-state index in [2.05, 4.69) is 28.4 Å². The maximum atomic E-state index is 13.0. The van der Waals surface area contributed by atoms with Gasteiger partial charge in [-0.25, -0.2) is 9.98 Å². The van der Waals surface area contributed by atoms with Crippen molar-refractivity contribution in [1.29, 1.82) is 0 Å². The van der Waals surface area contributed by atoms with Gasteiger partial charge >= 0.3 is 5.84 Å². The van der Waals surface area contributed by atoms with Crippen molar-refractivity contribution in [3.8, 4) is 0 Å². The second kappa shape index (κ2) is 20.6. The molecule has 2 aliphatic rings. The van der Waals surface area contributed by atoms with Crippen LogP contribution in [0.5, 0.6) is 0 Å². The molecule has 0 amide bonds. The zero-order valence-corrected chi connectivity index (χ0v) is 29.1. The molecule has 0 saturated heterocycles. The van der Waals surface area contributed by atoms with Gasteiger partial charge < -0.3 is 5.11 Å². The molecule has 1 aromatic heterocycles. The average molecular weight is 624 g/mol. The first kappa shape index (κ1) is 36.1. The number of carbonyl (C=O) groups is 1. The molecule has 7 heteroatoms. The van der Waals surface area contributed by atoms with Crippen molar-refractivity contribution < 1.29 is 14.5 Å². The molecule has 0 atom stereocenters. The number of aliphatic hydroxyl groups is 1. The molecule has 44 heavy (non-hydrogen) atoms. The van der Waals surface area contributed by atoms with Gasteiger partial charge in [0.2, 0.25) is 5.78 Å². The topological polar surface area (TPSA) is 77.9 Å². The van der Waals surface area contributed by atoms with Crippen LogP contribution in [0.3, 0.4) is 0 Å². The fourth-order valence-electron chi connectivity index (χ4n) is 6.16. The normalized spacial score (nSPS) is 16.4. The fraction of sp³-hybridized carbons (Fsp3) is 0.703. The third-order valence-electron chi connectivity index (χ3n) is 8.85. The van der Waals surface area contributed by atoms with Gasteiger partial charge in [0, 0.05) is 4.88 Å². The molecule has 0 radical (unpaired) electrons. The Bertz CT molecular complexity index is 1160. The SMILES string of the molecule is CCCCCCCCCCCC[N+](CCCCCCCCCCCC)=C1C=N/C(=C2\C(=O)C(c3nc(C)sc3C)=C2O)C=N1. The minimum absolute atomic E-state index is 0.0157. The van der Waals surface area contributed by atoms with E-state index >= 15 is 0 Å². The molecule has 1 N–H and O–H groups in total. The lowest BCUT2D eigenvalue weighted by molar-refractivity contribution is -0.528. The second-order valence-corrected chi connectivity index (χ2v) is 14.1. The summed E-state index contributed by atoms with van der Waals surface area (Å²) in [5, 5.41) is 11.7. The second-order valence-electron chi connectivity index (χ2n) is 12.7. The van der Waals surface area contributed by atoms with Gasteiger partial charge in [0.25, 0.3) is 0 Å². The molecular formula is C37H59N4O2S+. The van der Waals surface area contributed by atoms with Gasteiger partial charge in [-0.15, -0.1) is 11.3 Å². The van der Waals surface area contributed by atoms with Gasteiger partial charge in [-0.3, -0.25) is 9.37 Å². The minimum atomic E-state index is -0.203. The van der Waals surface area contributed by atoms with E-state index in [1.165, 1.54) is 127 Å². The van der Waals surface area contributed by atoms with E-state index in [9.17, 15) is 9.90 Å². The van der Waals surface area contributed by atoms with Gasteiger partial charge in [0.1, 0.15) is 17.7 Å². The molecule has 2 heterocycles. The summed E-state index contributed by atoms with van der Waals surface area (Å²) in [6.07, 6.45) is 29.9. The first-order valence-corrected chi connectivity index (χ1v) is 18.7. The number of aryl methyl sites for hydroxylation is 2. The first-order valence-electron chi connectivity index (χ1n) is 17.8. The number of unbranched alkanes of at least 4 members (excludes halogenated alkanes) is 18. The molecule has 6 nitrogen and oxygen atoms in total. The van der Waals surface area contributed by atoms with E-state index in [1.54, 1.807) is 12.4 Å². The number of aliphatic imine (C=N–C) groups is 2. The highest BCUT2D eigenvalue weighted by Crippen LogP contribution is 2.39. The number of amidine groups is 1. The Labute approximate surface area is 271 Å². The summed E-state index contributed by atoms with van der Waals surface area (Å²) < 4.78 is 2.38. The van der Waals surface area contributed by atoms with Gasteiger partial charge in [0.15, 0.2) is 6.21 Å². The Balaban J connectivity index is 1.54. The van der Waals surface area contributed by atoms with Gasteiger partial charge in [-0.2, -0.15) is 0 Å². The monoisotopic (exact) mass is 623 g/mol. The van der Waals surface area contributed by atoms with Crippen molar-refractivity contribution in [2.45, 2.75) is 156 Å². The van der Waals surface area contributed by atoms with Gasteiger partial charge in [-0.05, 0) is 44.5 Å². The Morgan fingerprint density at radius 1 is 0.659 bits per heavy atom. The lowest BCUT2D eigenvalue weighted by Crippen LogP contribution is -2.27. The number of Topliss-reactive ketones (excluding diaryl/α,β-unsaturated/α-hetero) is 1. The number of nitrogens with zero attached hydrogens (tertiary/aromatic N) is 4. The average Bonchev–Trinajstić information content (AvgIpc) is 3.34. The van der Waals surface area contributed by atoms with E-state index in [1.807, 2.05) is 13.8 Å². The number of thiazole rings is 1. The lowest BCUT2D eigenvalue weighted by atomic mass is 9.84. The molecule has 0 aromatic carbocycles. The van der Waals surface area contributed by atoms with E-state index in [0.29, 0.717) is 17.0 Å². The van der Waals surface area contributed by atoms with Crippen molar-refractivity contribution in [2.24, 2.45) is 9.98 Å². The molecule has 3 rings (SSSR count). The maximum absolute atomic E-state index is 13.0. The Hall–Kier alpha value is -2.41. The van der Waals surface area contributed by atoms with Crippen LogP contribution in [0.4, 0.5) is 0 Å². The highest BCUT2D eigenvalue weighted by molar-refractivity contribution is 7.11. The van der Waals surface area contributed by atoms with Crippen LogP contribution in [-0.2, 0) is 4.79 Å². The summed E-state index contributed by atoms with van der Waals surface area (Å²) in [7, 11) is 0. The summed E-state index contributed by atoms with van der Waals surface area (Å²) in [4.78, 5) is 27.8. The zero-order chi connectivity index (χ0) is 31.6. The molecule has 1 aliphatic carbocycles. The standard InChI is InChI=1S/C37H58N4O2S/c1-5-7-9-11-13-15-17-19-21-23-25-41(26-24-22-20-18-16-14-12-10-8-6-2)32-28-38-31(27-39-32)33-36(42)34(37(33)43)35-29(3)44-30(4)40-35/h27-28H,5-26H2,1-4H3/p+1. The first-order chi connectivity index (χ1) is 21.5. The van der Waals surface area contributed by atoms with Crippen molar-refractivity contribution in [3.63, 3.8) is 0 Å². The van der Waals surface area contributed by atoms with Crippen LogP contribution in [-0.4, -0.2) is 51.8 Å². The summed E-state index contributed by atoms with van der Waals surface area (Å²) in [5.41, 5.74) is 1.57. The third kappa shape index (κ3) is 11.5. The number of aromatic nitrogens is 1. The fourth-order valence-corrected chi connectivity index (χ4v) is 6.98. The van der Waals surface area contributed by atoms with Gasteiger partial charge in [-0.1, -0.05) is 117 Å². The van der Waals surface area contributed by atoms with E-state index in [4.69, 9.17) is 4.99 Å². The Morgan fingerprint density at radius 2 is 1.14 bits per heavy atom. The predicted octanol–water partition coefficient (Wildman–Crippen LogP) is 10.3. The molecule has 1 aliphatic heterocycles. The number of hydrogen-bond acceptors (Lipinski definition) is 5. The zero-order valence-electron chi connectivity index (χ0n) is 28.3. The molecule has 0 saturated carbocycles. The summed E-state index contributed by atoms with van der Waals surface area (Å²) in [6, 6.07) is 0. The quantitative estimate of drug-likeness (QED) is 0.0748. The molecule has 244 valence electrons. The Morgan fingerprint density at radius 3 is 1.52 bits per heavy atom. The highest BCUT2D eigenvalue weighted by atomic mass is 32.1. The Kier molecular flexibility index (Phi) is 16.9. The van der Waals surface area contributed by atoms with E-state index < -0.39 is 0 Å². The van der Waals surface area contributed by atoms with E-state index in [0.717, 1.165) is 41.7 Å². The van der Waals surface area contributed by atoms with Crippen LogP contribution in [0.15, 0.2) is 27.0 Å². The molecule has 0 unspecified atom stereocenters. The molecule has 0 bridgehead atoms. The predicted molar refractivity (Wildman–Crippen MR) is 189 cm³/mol. The largest absolute Gasteiger partial charge is 0.506 e. The van der Waals surface area contributed by atoms with Crippen molar-refractivity contribution in [2.75, 3.05) is 13.1 Å². The number of allylic oxidation sites excluding steroid dienone is 3. The van der Waals surface area contributed by atoms with Crippen molar-refractivity contribution >= 4 is 41.0 Å². The summed E-state index contributed by atoms with van der Waals surface area (Å²) in [6.45, 7) is 10.4. The van der Waals surface area contributed by atoms with Crippen molar-refractivity contribution in [1.82, 2.24) is 4.98 Å². The van der Waals surface area contributed by atoms with Crippen LogP contribution < -0.4 is 0 Å². The maximum Gasteiger partial charge on any atom is 0.336 e. The number of carbonyl (C=O) groups excluding carboxylic acids is 1. The van der Waals surface area contributed by atoms with Crippen LogP contribution >= 0.6 is 11.3 Å². The smallest absolute Gasteiger partial charge is 0.336 e. The molecule has 0 spiro atoms. The minimum Gasteiger partial charge on any atom is -0.506 e. The van der Waals surface area contributed by atoms with Crippen molar-refractivity contribution in [3.05, 3.63) is 32.6 Å². The molecule has 1 aromatic rings. The number of aliphatic hydroxyl groups excluding tert-OH is 1. The summed E-state index contributed by atoms with van der Waals surface area (Å²) in [5.74, 6) is 0.645. The molecular weight excluding hydrogens is 565 g/mol.